The Morgan fingerprint density at radius 1 is 1.64 bits per heavy atom. The van der Waals surface area contributed by atoms with Gasteiger partial charge in [-0.15, -0.1) is 0 Å². The number of ether oxygens (including phenoxy) is 1. The third kappa shape index (κ3) is 1.19. The molecule has 0 radical (unpaired) electrons. The van der Waals surface area contributed by atoms with E-state index in [1.807, 2.05) is 6.08 Å². The van der Waals surface area contributed by atoms with Gasteiger partial charge in [0.05, 0.1) is 12.5 Å². The van der Waals surface area contributed by atoms with Crippen LogP contribution >= 0.6 is 0 Å². The first-order valence-corrected chi connectivity index (χ1v) is 4.98. The van der Waals surface area contributed by atoms with Crippen molar-refractivity contribution in [3.8, 4) is 0 Å². The molecule has 14 heavy (non-hydrogen) atoms. The quantitative estimate of drug-likeness (QED) is 0.594. The molecular formula is C11H14O3. The molecule has 2 atom stereocenters. The average Bonchev–Trinajstić information content (AvgIpc) is 2.60. The zero-order valence-corrected chi connectivity index (χ0v) is 8.29. The lowest BCUT2D eigenvalue weighted by Gasteiger charge is -2.32. The molecule has 1 fully saturated rings. The van der Waals surface area contributed by atoms with Crippen LogP contribution in [0.4, 0.5) is 0 Å². The van der Waals surface area contributed by atoms with E-state index in [0.29, 0.717) is 6.42 Å². The second-order valence-corrected chi connectivity index (χ2v) is 4.15. The third-order valence-electron chi connectivity index (χ3n) is 3.44. The first-order valence-electron chi connectivity index (χ1n) is 4.98. The second kappa shape index (κ2) is 3.23. The number of methoxy groups -OCH3 is 1. The van der Waals surface area contributed by atoms with Gasteiger partial charge in [0, 0.05) is 6.42 Å². The molecule has 3 nitrogen and oxygen atoms in total. The Balaban J connectivity index is 2.34. The number of rotatable bonds is 1. The highest BCUT2D eigenvalue weighted by molar-refractivity contribution is 5.96. The number of carbonyl (C=O) groups is 2. The lowest BCUT2D eigenvalue weighted by molar-refractivity contribution is -0.156. The van der Waals surface area contributed by atoms with E-state index in [9.17, 15) is 9.59 Å². The molecule has 0 N–H and O–H groups in total. The van der Waals surface area contributed by atoms with Crippen LogP contribution in [0.5, 0.6) is 0 Å². The predicted octanol–water partition coefficient (Wildman–Crippen LogP) is 1.47. The number of esters is 1. The van der Waals surface area contributed by atoms with Crippen molar-refractivity contribution in [1.29, 1.82) is 0 Å². The topological polar surface area (TPSA) is 43.4 Å². The normalized spacial score (nSPS) is 35.5. The number of allylic oxidation sites excluding steroid dienone is 2. The van der Waals surface area contributed by atoms with Crippen LogP contribution in [0.3, 0.4) is 0 Å². The van der Waals surface area contributed by atoms with E-state index in [-0.39, 0.29) is 17.7 Å². The van der Waals surface area contributed by atoms with Crippen LogP contribution in [-0.2, 0) is 14.3 Å². The number of ketones is 1. The minimum Gasteiger partial charge on any atom is -0.469 e. The van der Waals surface area contributed by atoms with Gasteiger partial charge >= 0.3 is 5.97 Å². The Morgan fingerprint density at radius 3 is 3.14 bits per heavy atom. The molecule has 2 aliphatic rings. The minimum atomic E-state index is -0.527. The smallest absolute Gasteiger partial charge is 0.312 e. The molecule has 0 aromatic rings. The Morgan fingerprint density at radius 2 is 2.43 bits per heavy atom. The first kappa shape index (κ1) is 9.44. The fourth-order valence-corrected chi connectivity index (χ4v) is 2.72. The molecular weight excluding hydrogens is 180 g/mol. The Bertz CT molecular complexity index is 306. The third-order valence-corrected chi connectivity index (χ3v) is 3.44. The van der Waals surface area contributed by atoms with E-state index in [1.54, 1.807) is 6.08 Å². The van der Waals surface area contributed by atoms with E-state index in [2.05, 4.69) is 0 Å². The molecule has 1 saturated carbocycles. The Hall–Kier alpha value is -1.12. The van der Waals surface area contributed by atoms with Crippen LogP contribution < -0.4 is 0 Å². The van der Waals surface area contributed by atoms with Gasteiger partial charge in [-0.3, -0.25) is 9.59 Å². The molecule has 0 aliphatic heterocycles. The molecule has 0 amide bonds. The van der Waals surface area contributed by atoms with Gasteiger partial charge in [-0.05, 0) is 24.8 Å². The van der Waals surface area contributed by atoms with E-state index in [1.165, 1.54) is 7.11 Å². The average molecular weight is 194 g/mol. The summed E-state index contributed by atoms with van der Waals surface area (Å²) in [4.78, 5) is 23.0. The highest BCUT2D eigenvalue weighted by Crippen LogP contribution is 2.49. The summed E-state index contributed by atoms with van der Waals surface area (Å²) in [6.45, 7) is 0. The van der Waals surface area contributed by atoms with E-state index in [0.717, 1.165) is 19.3 Å². The van der Waals surface area contributed by atoms with Crippen molar-refractivity contribution in [3.63, 3.8) is 0 Å². The van der Waals surface area contributed by atoms with Crippen molar-refractivity contribution in [1.82, 2.24) is 0 Å². The van der Waals surface area contributed by atoms with E-state index in [4.69, 9.17) is 4.74 Å². The number of carbonyl (C=O) groups excluding carboxylic acids is 2. The number of hydrogen-bond donors (Lipinski definition) is 0. The van der Waals surface area contributed by atoms with Crippen LogP contribution in [0, 0.1) is 11.3 Å². The summed E-state index contributed by atoms with van der Waals surface area (Å²) < 4.78 is 4.82. The zero-order chi connectivity index (χ0) is 10.2. The number of fused-ring (bicyclic) bond motifs is 1. The minimum absolute atomic E-state index is 0.0496. The van der Waals surface area contributed by atoms with Gasteiger partial charge in [0.25, 0.3) is 0 Å². The predicted molar refractivity (Wildman–Crippen MR) is 50.6 cm³/mol. The van der Waals surface area contributed by atoms with Crippen LogP contribution in [0.15, 0.2) is 12.2 Å². The molecule has 76 valence electrons. The molecule has 0 saturated heterocycles. The van der Waals surface area contributed by atoms with Gasteiger partial charge in [0.1, 0.15) is 0 Å². The van der Waals surface area contributed by atoms with E-state index >= 15 is 0 Å². The van der Waals surface area contributed by atoms with Crippen LogP contribution in [0.25, 0.3) is 0 Å². The van der Waals surface area contributed by atoms with Crippen LogP contribution in [-0.4, -0.2) is 18.9 Å². The molecule has 0 spiro atoms. The van der Waals surface area contributed by atoms with Crippen molar-refractivity contribution in [2.75, 3.05) is 7.11 Å². The lowest BCUT2D eigenvalue weighted by atomic mass is 9.71. The number of hydrogen-bond acceptors (Lipinski definition) is 3. The van der Waals surface area contributed by atoms with Crippen molar-refractivity contribution >= 4 is 11.8 Å². The van der Waals surface area contributed by atoms with Crippen LogP contribution in [0.2, 0.25) is 0 Å². The summed E-state index contributed by atoms with van der Waals surface area (Å²) in [6, 6.07) is 0. The molecule has 0 aromatic carbocycles. The van der Waals surface area contributed by atoms with Gasteiger partial charge in [-0.1, -0.05) is 12.5 Å². The van der Waals surface area contributed by atoms with Gasteiger partial charge in [-0.25, -0.2) is 0 Å². The van der Waals surface area contributed by atoms with Gasteiger partial charge in [0.15, 0.2) is 5.78 Å². The van der Waals surface area contributed by atoms with Gasteiger partial charge < -0.3 is 4.74 Å². The summed E-state index contributed by atoms with van der Waals surface area (Å²) in [6.07, 6.45) is 6.63. The molecule has 3 heteroatoms. The van der Waals surface area contributed by atoms with Crippen molar-refractivity contribution in [2.45, 2.75) is 25.7 Å². The first-order chi connectivity index (χ1) is 6.69. The summed E-state index contributed by atoms with van der Waals surface area (Å²) in [5.41, 5.74) is -0.527. The molecule has 2 rings (SSSR count). The summed E-state index contributed by atoms with van der Waals surface area (Å²) in [5.74, 6) is 0.0545. The standard InChI is InChI=1S/C11H14O3/c1-14-10(13)11-6-2-3-8(11)4-5-9(12)7-11/h4-5,8H,2-3,6-7H2,1H3. The highest BCUT2D eigenvalue weighted by atomic mass is 16.5. The molecule has 2 aliphatic carbocycles. The van der Waals surface area contributed by atoms with Gasteiger partial charge in [0.2, 0.25) is 0 Å². The maximum atomic E-state index is 11.7. The maximum Gasteiger partial charge on any atom is 0.312 e. The second-order valence-electron chi connectivity index (χ2n) is 4.15. The summed E-state index contributed by atoms with van der Waals surface area (Å²) in [5, 5.41) is 0. The summed E-state index contributed by atoms with van der Waals surface area (Å²) in [7, 11) is 1.40. The highest BCUT2D eigenvalue weighted by Gasteiger charge is 2.51. The molecule has 0 aromatic heterocycles. The van der Waals surface area contributed by atoms with Crippen molar-refractivity contribution in [2.24, 2.45) is 11.3 Å². The maximum absolute atomic E-state index is 11.7. The van der Waals surface area contributed by atoms with Crippen molar-refractivity contribution in [3.05, 3.63) is 12.2 Å². The van der Waals surface area contributed by atoms with Crippen LogP contribution in [0.1, 0.15) is 25.7 Å². The Kier molecular flexibility index (Phi) is 2.17. The lowest BCUT2D eigenvalue weighted by Crippen LogP contribution is -2.39. The largest absolute Gasteiger partial charge is 0.469 e. The molecule has 2 unspecified atom stereocenters. The van der Waals surface area contributed by atoms with E-state index < -0.39 is 5.41 Å². The monoisotopic (exact) mass is 194 g/mol. The molecule has 0 bridgehead atoms. The zero-order valence-electron chi connectivity index (χ0n) is 8.29. The molecule has 0 heterocycles. The summed E-state index contributed by atoms with van der Waals surface area (Å²) >= 11 is 0. The van der Waals surface area contributed by atoms with Crippen molar-refractivity contribution < 1.29 is 14.3 Å². The SMILES string of the molecule is COC(=O)C12CCCC1C=CC(=O)C2. The fourth-order valence-electron chi connectivity index (χ4n) is 2.72. The Labute approximate surface area is 83.1 Å². The van der Waals surface area contributed by atoms with Gasteiger partial charge in [-0.2, -0.15) is 0 Å². The fraction of sp³-hybridized carbons (Fsp3) is 0.636.